The second-order valence-corrected chi connectivity index (χ2v) is 8.98. The molecule has 2 aromatic carbocycles. The number of piperidine rings is 1. The molecule has 0 radical (unpaired) electrons. The third-order valence-electron chi connectivity index (χ3n) is 6.41. The molecule has 2 aliphatic rings. The molecule has 0 spiro atoms. The van der Waals surface area contributed by atoms with E-state index in [-0.39, 0.29) is 17.7 Å². The molecule has 6 nitrogen and oxygen atoms in total. The smallest absolute Gasteiger partial charge is 0.257 e. The standard InChI is InChI=1S/C25H30ClN3O3/c1-32-23-9-8-20(26)16-21(23)25(31)29-14-10-18(11-15-29)24(30)27-22-7-3-2-6-19(22)17-28-12-4-5-13-28/h2-3,6-9,16,18H,4-5,10-15,17H2,1H3,(H,27,30). The Bertz CT molecular complexity index is 967. The second kappa shape index (κ2) is 10.4. The number of nitrogens with one attached hydrogen (secondary N) is 1. The zero-order valence-electron chi connectivity index (χ0n) is 18.5. The highest BCUT2D eigenvalue weighted by atomic mass is 35.5. The number of halogens is 1. The Kier molecular flexibility index (Phi) is 7.33. The third kappa shape index (κ3) is 5.25. The Morgan fingerprint density at radius 1 is 1.06 bits per heavy atom. The van der Waals surface area contributed by atoms with Gasteiger partial charge in [-0.15, -0.1) is 0 Å². The minimum atomic E-state index is -0.112. The molecule has 2 amide bonds. The molecule has 0 aliphatic carbocycles. The van der Waals surface area contributed by atoms with Crippen LogP contribution in [0.25, 0.3) is 0 Å². The normalized spacial score (nSPS) is 17.4. The van der Waals surface area contributed by atoms with E-state index in [1.807, 2.05) is 18.2 Å². The molecule has 2 aliphatic heterocycles. The average Bonchev–Trinajstić information content (AvgIpc) is 3.33. The summed E-state index contributed by atoms with van der Waals surface area (Å²) in [6.45, 7) is 4.16. The van der Waals surface area contributed by atoms with Gasteiger partial charge in [-0.1, -0.05) is 29.8 Å². The van der Waals surface area contributed by atoms with E-state index in [2.05, 4.69) is 16.3 Å². The predicted octanol–water partition coefficient (Wildman–Crippen LogP) is 4.44. The van der Waals surface area contributed by atoms with Gasteiger partial charge in [0.1, 0.15) is 5.75 Å². The van der Waals surface area contributed by atoms with Crippen LogP contribution in [0.3, 0.4) is 0 Å². The first-order valence-electron chi connectivity index (χ1n) is 11.3. The lowest BCUT2D eigenvalue weighted by Gasteiger charge is -2.32. The number of nitrogens with zero attached hydrogens (tertiary/aromatic N) is 2. The molecule has 0 atom stereocenters. The molecular weight excluding hydrogens is 426 g/mol. The van der Waals surface area contributed by atoms with Gasteiger partial charge < -0.3 is 15.0 Å². The van der Waals surface area contributed by atoms with E-state index in [4.69, 9.17) is 16.3 Å². The summed E-state index contributed by atoms with van der Waals surface area (Å²) >= 11 is 6.08. The summed E-state index contributed by atoms with van der Waals surface area (Å²) in [5, 5.41) is 3.65. The second-order valence-electron chi connectivity index (χ2n) is 8.54. The Balaban J connectivity index is 1.35. The molecule has 32 heavy (non-hydrogen) atoms. The summed E-state index contributed by atoms with van der Waals surface area (Å²) in [5.74, 6) is 0.319. The first-order valence-corrected chi connectivity index (χ1v) is 11.7. The zero-order valence-corrected chi connectivity index (χ0v) is 19.2. The number of anilines is 1. The van der Waals surface area contributed by atoms with Gasteiger partial charge in [0.15, 0.2) is 0 Å². The molecule has 2 heterocycles. The molecule has 2 aromatic rings. The molecule has 7 heteroatoms. The molecule has 2 saturated heterocycles. The van der Waals surface area contributed by atoms with Crippen molar-refractivity contribution >= 4 is 29.1 Å². The lowest BCUT2D eigenvalue weighted by molar-refractivity contribution is -0.121. The fraction of sp³-hybridized carbons (Fsp3) is 0.440. The highest BCUT2D eigenvalue weighted by molar-refractivity contribution is 6.31. The maximum Gasteiger partial charge on any atom is 0.257 e. The Morgan fingerprint density at radius 3 is 2.50 bits per heavy atom. The number of para-hydroxylation sites is 1. The molecule has 170 valence electrons. The number of methoxy groups -OCH3 is 1. The predicted molar refractivity (Wildman–Crippen MR) is 126 cm³/mol. The lowest BCUT2D eigenvalue weighted by atomic mass is 9.95. The largest absolute Gasteiger partial charge is 0.496 e. The van der Waals surface area contributed by atoms with E-state index < -0.39 is 0 Å². The summed E-state index contributed by atoms with van der Waals surface area (Å²) in [4.78, 5) is 30.2. The van der Waals surface area contributed by atoms with Crippen molar-refractivity contribution in [1.82, 2.24) is 9.80 Å². The molecule has 0 saturated carbocycles. The number of hydrogen-bond acceptors (Lipinski definition) is 4. The van der Waals surface area contributed by atoms with E-state index in [1.54, 1.807) is 23.1 Å². The summed E-state index contributed by atoms with van der Waals surface area (Å²) in [7, 11) is 1.54. The number of carbonyl (C=O) groups is 2. The number of hydrogen-bond donors (Lipinski definition) is 1. The number of rotatable bonds is 6. The highest BCUT2D eigenvalue weighted by Gasteiger charge is 2.29. The van der Waals surface area contributed by atoms with Crippen LogP contribution < -0.4 is 10.1 Å². The lowest BCUT2D eigenvalue weighted by Crippen LogP contribution is -2.41. The van der Waals surface area contributed by atoms with Crippen LogP contribution in [0.4, 0.5) is 5.69 Å². The van der Waals surface area contributed by atoms with E-state index in [9.17, 15) is 9.59 Å². The van der Waals surface area contributed by atoms with Crippen LogP contribution in [0, 0.1) is 5.92 Å². The van der Waals surface area contributed by atoms with Crippen molar-refractivity contribution in [3.05, 3.63) is 58.6 Å². The van der Waals surface area contributed by atoms with E-state index in [1.165, 1.54) is 20.0 Å². The monoisotopic (exact) mass is 455 g/mol. The van der Waals surface area contributed by atoms with Gasteiger partial charge in [-0.2, -0.15) is 0 Å². The molecule has 0 bridgehead atoms. The molecular formula is C25H30ClN3O3. The SMILES string of the molecule is COc1ccc(Cl)cc1C(=O)N1CCC(C(=O)Nc2ccccc2CN2CCCC2)CC1. The molecule has 0 unspecified atom stereocenters. The fourth-order valence-corrected chi connectivity index (χ4v) is 4.73. The fourth-order valence-electron chi connectivity index (χ4n) is 4.56. The number of carbonyl (C=O) groups excluding carboxylic acids is 2. The maximum absolute atomic E-state index is 13.0. The van der Waals surface area contributed by atoms with Crippen LogP contribution in [0.1, 0.15) is 41.6 Å². The van der Waals surface area contributed by atoms with Gasteiger partial charge in [0, 0.05) is 36.3 Å². The van der Waals surface area contributed by atoms with Gasteiger partial charge in [0.05, 0.1) is 12.7 Å². The van der Waals surface area contributed by atoms with Crippen molar-refractivity contribution < 1.29 is 14.3 Å². The van der Waals surface area contributed by atoms with Gasteiger partial charge in [-0.3, -0.25) is 14.5 Å². The van der Waals surface area contributed by atoms with Crippen LogP contribution in [0.2, 0.25) is 5.02 Å². The van der Waals surface area contributed by atoms with Crippen molar-refractivity contribution in [1.29, 1.82) is 0 Å². The third-order valence-corrected chi connectivity index (χ3v) is 6.65. The molecule has 2 fully saturated rings. The Hall–Kier alpha value is -2.57. The van der Waals surface area contributed by atoms with Gasteiger partial charge in [-0.05, 0) is 68.6 Å². The van der Waals surface area contributed by atoms with Crippen LogP contribution in [-0.4, -0.2) is 54.9 Å². The van der Waals surface area contributed by atoms with Gasteiger partial charge in [0.2, 0.25) is 5.91 Å². The molecule has 0 aromatic heterocycles. The Morgan fingerprint density at radius 2 is 1.78 bits per heavy atom. The number of benzene rings is 2. The topological polar surface area (TPSA) is 61.9 Å². The van der Waals surface area contributed by atoms with Gasteiger partial charge >= 0.3 is 0 Å². The summed E-state index contributed by atoms with van der Waals surface area (Å²) in [5.41, 5.74) is 2.51. The first kappa shape index (κ1) is 22.6. The van der Waals surface area contributed by atoms with E-state index >= 15 is 0 Å². The summed E-state index contributed by atoms with van der Waals surface area (Å²) in [6.07, 6.45) is 3.75. The molecule has 4 rings (SSSR count). The Labute approximate surface area is 194 Å². The average molecular weight is 456 g/mol. The number of likely N-dealkylation sites (tertiary alicyclic amines) is 2. The zero-order chi connectivity index (χ0) is 22.5. The van der Waals surface area contributed by atoms with Crippen molar-refractivity contribution in [2.45, 2.75) is 32.2 Å². The van der Waals surface area contributed by atoms with Crippen molar-refractivity contribution in [3.63, 3.8) is 0 Å². The van der Waals surface area contributed by atoms with Crippen LogP contribution >= 0.6 is 11.6 Å². The van der Waals surface area contributed by atoms with Gasteiger partial charge in [0.25, 0.3) is 5.91 Å². The van der Waals surface area contributed by atoms with Crippen LogP contribution in [0.15, 0.2) is 42.5 Å². The quantitative estimate of drug-likeness (QED) is 0.699. The van der Waals surface area contributed by atoms with E-state index in [0.29, 0.717) is 42.3 Å². The first-order chi connectivity index (χ1) is 15.5. The summed E-state index contributed by atoms with van der Waals surface area (Å²) < 4.78 is 5.32. The minimum absolute atomic E-state index is 0.0336. The van der Waals surface area contributed by atoms with Crippen molar-refractivity contribution in [3.8, 4) is 5.75 Å². The minimum Gasteiger partial charge on any atom is -0.496 e. The van der Waals surface area contributed by atoms with Crippen molar-refractivity contribution in [2.24, 2.45) is 5.92 Å². The van der Waals surface area contributed by atoms with Crippen molar-refractivity contribution in [2.75, 3.05) is 38.6 Å². The van der Waals surface area contributed by atoms with E-state index in [0.717, 1.165) is 30.9 Å². The summed E-state index contributed by atoms with van der Waals surface area (Å²) in [6, 6.07) is 13.1. The van der Waals surface area contributed by atoms with Crippen LogP contribution in [0.5, 0.6) is 5.75 Å². The number of amides is 2. The van der Waals surface area contributed by atoms with Gasteiger partial charge in [-0.25, -0.2) is 0 Å². The number of ether oxygens (including phenoxy) is 1. The highest BCUT2D eigenvalue weighted by Crippen LogP contribution is 2.27. The maximum atomic E-state index is 13.0. The van der Waals surface area contributed by atoms with Crippen LogP contribution in [-0.2, 0) is 11.3 Å². The molecule has 1 N–H and O–H groups in total.